The summed E-state index contributed by atoms with van der Waals surface area (Å²) in [6, 6.07) is 24.0. The molecule has 0 spiro atoms. The van der Waals surface area contributed by atoms with E-state index in [1.807, 2.05) is 48.0 Å². The Bertz CT molecular complexity index is 1680. The first-order chi connectivity index (χ1) is 21.1. The molecule has 9 nitrogen and oxygen atoms in total. The molecule has 1 amide bonds. The van der Waals surface area contributed by atoms with E-state index in [1.165, 1.54) is 28.0 Å². The third-order valence-corrected chi connectivity index (χ3v) is 8.50. The van der Waals surface area contributed by atoms with Gasteiger partial charge in [-0.25, -0.2) is 4.68 Å². The van der Waals surface area contributed by atoms with Gasteiger partial charge in [-0.2, -0.15) is 0 Å². The summed E-state index contributed by atoms with van der Waals surface area (Å²) in [6.07, 6.45) is 3.90. The molecule has 0 saturated heterocycles. The highest BCUT2D eigenvalue weighted by Gasteiger charge is 2.19. The van der Waals surface area contributed by atoms with Crippen molar-refractivity contribution in [2.24, 2.45) is 0 Å². The van der Waals surface area contributed by atoms with Crippen LogP contribution < -0.4 is 20.1 Å². The molecule has 2 aromatic heterocycles. The van der Waals surface area contributed by atoms with Gasteiger partial charge in [-0.3, -0.25) is 9.69 Å². The van der Waals surface area contributed by atoms with Gasteiger partial charge in [0.15, 0.2) is 11.5 Å². The molecule has 0 saturated carbocycles. The SMILES string of the molecule is COc1cc2c(cc1OC)CN(CCc1ccc(-n3cc(CNc4ccccc4NC(=O)c4cccs4)nn3)cc1)CC2. The number of para-hydroxylation sites is 2. The van der Waals surface area contributed by atoms with Crippen molar-refractivity contribution in [1.29, 1.82) is 0 Å². The number of amides is 1. The highest BCUT2D eigenvalue weighted by atomic mass is 32.1. The molecule has 0 unspecified atom stereocenters. The van der Waals surface area contributed by atoms with E-state index in [2.05, 4.69) is 62.2 Å². The monoisotopic (exact) mass is 594 g/mol. The molecule has 2 N–H and O–H groups in total. The standard InChI is InChI=1S/C33H34N6O3S/c1-41-30-18-24-14-16-38(21-25(24)19-31(30)42-2)15-13-23-9-11-27(12-10-23)39-22-26(36-37-39)20-34-28-6-3-4-7-29(28)35-33(40)32-8-5-17-43-32/h3-12,17-19,22,34H,13-16,20-21H2,1-2H3,(H,35,40). The summed E-state index contributed by atoms with van der Waals surface area (Å²) in [6.45, 7) is 3.40. The number of ether oxygens (including phenoxy) is 2. The summed E-state index contributed by atoms with van der Waals surface area (Å²) >= 11 is 1.41. The van der Waals surface area contributed by atoms with Crippen LogP contribution >= 0.6 is 11.3 Å². The van der Waals surface area contributed by atoms with E-state index in [0.717, 1.165) is 66.7 Å². The number of hydrogen-bond donors (Lipinski definition) is 2. The molecule has 3 heterocycles. The Morgan fingerprint density at radius 3 is 2.47 bits per heavy atom. The molecule has 220 valence electrons. The van der Waals surface area contributed by atoms with E-state index < -0.39 is 0 Å². The average Bonchev–Trinajstić information content (AvgIpc) is 3.76. The van der Waals surface area contributed by atoms with E-state index >= 15 is 0 Å². The zero-order valence-corrected chi connectivity index (χ0v) is 25.1. The fraction of sp³-hybridized carbons (Fsp3) is 0.242. The summed E-state index contributed by atoms with van der Waals surface area (Å²) in [4.78, 5) is 15.7. The summed E-state index contributed by atoms with van der Waals surface area (Å²) in [5.41, 5.74) is 7.22. The van der Waals surface area contributed by atoms with Crippen LogP contribution in [0.4, 0.5) is 11.4 Å². The van der Waals surface area contributed by atoms with Crippen LogP contribution in [0.15, 0.2) is 84.4 Å². The highest BCUT2D eigenvalue weighted by Crippen LogP contribution is 2.33. The quantitative estimate of drug-likeness (QED) is 0.199. The van der Waals surface area contributed by atoms with Gasteiger partial charge in [0, 0.05) is 19.6 Å². The number of aromatic nitrogens is 3. The van der Waals surface area contributed by atoms with Gasteiger partial charge in [-0.1, -0.05) is 35.5 Å². The number of hydrogen-bond acceptors (Lipinski definition) is 8. The third-order valence-electron chi connectivity index (χ3n) is 7.64. The Kier molecular flexibility index (Phi) is 8.67. The van der Waals surface area contributed by atoms with Crippen LogP contribution in [0.1, 0.15) is 32.1 Å². The van der Waals surface area contributed by atoms with Gasteiger partial charge in [-0.05, 0) is 77.4 Å². The number of fused-ring (bicyclic) bond motifs is 1. The molecule has 3 aromatic carbocycles. The number of benzene rings is 3. The van der Waals surface area contributed by atoms with Gasteiger partial charge in [0.05, 0.1) is 48.9 Å². The molecule has 10 heteroatoms. The zero-order valence-electron chi connectivity index (χ0n) is 24.2. The highest BCUT2D eigenvalue weighted by molar-refractivity contribution is 7.12. The Hall–Kier alpha value is -4.67. The van der Waals surface area contributed by atoms with Crippen molar-refractivity contribution < 1.29 is 14.3 Å². The molecule has 6 rings (SSSR count). The Morgan fingerprint density at radius 1 is 0.953 bits per heavy atom. The van der Waals surface area contributed by atoms with E-state index in [4.69, 9.17) is 9.47 Å². The number of thiophene rings is 1. The minimum atomic E-state index is -0.124. The van der Waals surface area contributed by atoms with Crippen molar-refractivity contribution in [3.05, 3.63) is 112 Å². The van der Waals surface area contributed by atoms with Crippen LogP contribution in [-0.4, -0.2) is 53.1 Å². The molecule has 0 bridgehead atoms. The predicted molar refractivity (Wildman–Crippen MR) is 170 cm³/mol. The molecule has 1 aliphatic rings. The van der Waals surface area contributed by atoms with E-state index in [9.17, 15) is 4.79 Å². The minimum absolute atomic E-state index is 0.124. The lowest BCUT2D eigenvalue weighted by molar-refractivity contribution is 0.103. The number of nitrogens with one attached hydrogen (secondary N) is 2. The van der Waals surface area contributed by atoms with Crippen molar-refractivity contribution in [3.8, 4) is 17.2 Å². The number of carbonyl (C=O) groups is 1. The molecular weight excluding hydrogens is 560 g/mol. The largest absolute Gasteiger partial charge is 0.493 e. The molecule has 0 fully saturated rings. The first-order valence-corrected chi connectivity index (χ1v) is 15.1. The average molecular weight is 595 g/mol. The van der Waals surface area contributed by atoms with Gasteiger partial charge in [0.25, 0.3) is 5.91 Å². The number of carbonyl (C=O) groups excluding carboxylic acids is 1. The number of methoxy groups -OCH3 is 2. The van der Waals surface area contributed by atoms with Gasteiger partial charge in [0.1, 0.15) is 5.69 Å². The van der Waals surface area contributed by atoms with Crippen LogP contribution in [0.2, 0.25) is 0 Å². The summed E-state index contributed by atoms with van der Waals surface area (Å²) in [5.74, 6) is 1.46. The van der Waals surface area contributed by atoms with Crippen LogP contribution in [0.25, 0.3) is 5.69 Å². The van der Waals surface area contributed by atoms with Crippen LogP contribution in [-0.2, 0) is 25.9 Å². The van der Waals surface area contributed by atoms with E-state index in [0.29, 0.717) is 11.4 Å². The first kappa shape index (κ1) is 28.4. The first-order valence-electron chi connectivity index (χ1n) is 14.2. The fourth-order valence-corrected chi connectivity index (χ4v) is 5.88. The van der Waals surface area contributed by atoms with Gasteiger partial charge >= 0.3 is 0 Å². The number of rotatable bonds is 11. The number of anilines is 2. The Labute approximate surface area is 255 Å². The molecular formula is C33H34N6O3S. The summed E-state index contributed by atoms with van der Waals surface area (Å²) in [5, 5.41) is 16.9. The topological polar surface area (TPSA) is 93.5 Å². The second kappa shape index (κ2) is 13.1. The van der Waals surface area contributed by atoms with E-state index in [1.54, 1.807) is 18.9 Å². The fourth-order valence-electron chi connectivity index (χ4n) is 5.26. The van der Waals surface area contributed by atoms with Crippen LogP contribution in [0.3, 0.4) is 0 Å². The molecule has 1 aliphatic heterocycles. The van der Waals surface area contributed by atoms with E-state index in [-0.39, 0.29) is 5.91 Å². The predicted octanol–water partition coefficient (Wildman–Crippen LogP) is 5.81. The maximum absolute atomic E-state index is 12.5. The minimum Gasteiger partial charge on any atom is -0.493 e. The zero-order chi connectivity index (χ0) is 29.6. The summed E-state index contributed by atoms with van der Waals surface area (Å²) in [7, 11) is 3.37. The van der Waals surface area contributed by atoms with Crippen molar-refractivity contribution in [2.75, 3.05) is 37.9 Å². The van der Waals surface area contributed by atoms with Crippen LogP contribution in [0, 0.1) is 0 Å². The van der Waals surface area contributed by atoms with Gasteiger partial charge < -0.3 is 20.1 Å². The van der Waals surface area contributed by atoms with Crippen molar-refractivity contribution in [3.63, 3.8) is 0 Å². The molecule has 5 aromatic rings. The lowest BCUT2D eigenvalue weighted by atomic mass is 9.98. The Balaban J connectivity index is 1.02. The Morgan fingerprint density at radius 2 is 1.72 bits per heavy atom. The molecule has 0 radical (unpaired) electrons. The van der Waals surface area contributed by atoms with Crippen molar-refractivity contribution in [2.45, 2.75) is 25.9 Å². The maximum atomic E-state index is 12.5. The lowest BCUT2D eigenvalue weighted by Crippen LogP contribution is -2.32. The normalized spacial score (nSPS) is 12.9. The molecule has 0 aliphatic carbocycles. The van der Waals surface area contributed by atoms with Crippen molar-refractivity contribution >= 4 is 28.6 Å². The van der Waals surface area contributed by atoms with Crippen LogP contribution in [0.5, 0.6) is 11.5 Å². The van der Waals surface area contributed by atoms with Gasteiger partial charge in [-0.15, -0.1) is 16.4 Å². The number of nitrogens with zero attached hydrogens (tertiary/aromatic N) is 4. The molecule has 43 heavy (non-hydrogen) atoms. The maximum Gasteiger partial charge on any atom is 0.265 e. The van der Waals surface area contributed by atoms with Gasteiger partial charge in [0.2, 0.25) is 0 Å². The van der Waals surface area contributed by atoms with Crippen molar-refractivity contribution in [1.82, 2.24) is 19.9 Å². The third kappa shape index (κ3) is 6.71. The summed E-state index contributed by atoms with van der Waals surface area (Å²) < 4.78 is 12.8. The smallest absolute Gasteiger partial charge is 0.265 e. The lowest BCUT2D eigenvalue weighted by Gasteiger charge is -2.29. The second-order valence-electron chi connectivity index (χ2n) is 10.4. The molecule has 0 atom stereocenters. The second-order valence-corrected chi connectivity index (χ2v) is 11.4.